The minimum absolute atomic E-state index is 0.0914. The molecule has 116 valence electrons. The van der Waals surface area contributed by atoms with Gasteiger partial charge in [0, 0.05) is 13.1 Å². The molecule has 0 saturated carbocycles. The van der Waals surface area contributed by atoms with Gasteiger partial charge in [0.25, 0.3) is 0 Å². The van der Waals surface area contributed by atoms with Crippen molar-refractivity contribution in [3.63, 3.8) is 0 Å². The quantitative estimate of drug-likeness (QED) is 0.748. The van der Waals surface area contributed by atoms with E-state index < -0.39 is 10.0 Å². The van der Waals surface area contributed by atoms with Crippen LogP contribution in [0.3, 0.4) is 0 Å². The van der Waals surface area contributed by atoms with Crippen LogP contribution in [0.1, 0.15) is 45.1 Å². The maximum atomic E-state index is 12.7. The van der Waals surface area contributed by atoms with Crippen molar-refractivity contribution >= 4 is 15.7 Å². The molecule has 6 heteroatoms. The Labute approximate surface area is 127 Å². The van der Waals surface area contributed by atoms with Crippen LogP contribution < -0.4 is 5.73 Å². The molecule has 0 fully saturated rings. The Bertz CT molecular complexity index is 598. The third-order valence-corrected chi connectivity index (χ3v) is 5.25. The lowest BCUT2D eigenvalue weighted by molar-refractivity contribution is 0.395. The zero-order valence-electron chi connectivity index (χ0n) is 12.7. The summed E-state index contributed by atoms with van der Waals surface area (Å²) in [7, 11) is -3.60. The molecule has 1 aromatic rings. The molecule has 1 aromatic carbocycles. The fraction of sp³-hybridized carbons (Fsp3) is 0.533. The van der Waals surface area contributed by atoms with Gasteiger partial charge >= 0.3 is 0 Å². The number of unbranched alkanes of at least 4 members (excludes halogenated alkanes) is 2. The summed E-state index contributed by atoms with van der Waals surface area (Å²) >= 11 is 0. The van der Waals surface area contributed by atoms with Crippen LogP contribution in [0.5, 0.6) is 0 Å². The number of sulfonamides is 1. The summed E-state index contributed by atoms with van der Waals surface area (Å²) in [5.74, 6) is 0. The van der Waals surface area contributed by atoms with Crippen LogP contribution in [0, 0.1) is 11.3 Å². The van der Waals surface area contributed by atoms with Gasteiger partial charge in [0.15, 0.2) is 0 Å². The molecule has 0 aromatic heterocycles. The number of rotatable bonds is 8. The van der Waals surface area contributed by atoms with Gasteiger partial charge in [0.2, 0.25) is 10.0 Å². The fourth-order valence-corrected chi connectivity index (χ4v) is 3.63. The van der Waals surface area contributed by atoms with Gasteiger partial charge in [-0.15, -0.1) is 0 Å². The highest BCUT2D eigenvalue weighted by Gasteiger charge is 2.25. The summed E-state index contributed by atoms with van der Waals surface area (Å²) in [6, 6.07) is 6.28. The van der Waals surface area contributed by atoms with Gasteiger partial charge in [0.05, 0.1) is 17.3 Å². The molecule has 1 rings (SSSR count). The van der Waals surface area contributed by atoms with Crippen LogP contribution in [0.4, 0.5) is 5.69 Å². The summed E-state index contributed by atoms with van der Waals surface area (Å²) in [5.41, 5.74) is 6.31. The standard InChI is InChI=1S/C15H23N3O2S/c1-3-5-9-18(10-6-4-2)21(19,20)15-8-7-13(12-16)11-14(15)17/h7-8,11H,3-6,9-10,17H2,1-2H3. The lowest BCUT2D eigenvalue weighted by Gasteiger charge is -2.22. The average molecular weight is 309 g/mol. The second kappa shape index (κ2) is 8.01. The van der Waals surface area contributed by atoms with E-state index in [1.807, 2.05) is 19.9 Å². The van der Waals surface area contributed by atoms with E-state index in [2.05, 4.69) is 0 Å². The number of benzene rings is 1. The topological polar surface area (TPSA) is 87.2 Å². The summed E-state index contributed by atoms with van der Waals surface area (Å²) in [6.07, 6.45) is 3.50. The molecule has 0 aliphatic carbocycles. The molecule has 21 heavy (non-hydrogen) atoms. The third kappa shape index (κ3) is 4.45. The van der Waals surface area contributed by atoms with Crippen molar-refractivity contribution in [2.45, 2.75) is 44.4 Å². The SMILES string of the molecule is CCCCN(CCCC)S(=O)(=O)c1ccc(C#N)cc1N. The van der Waals surface area contributed by atoms with Crippen LogP contribution in [-0.4, -0.2) is 25.8 Å². The highest BCUT2D eigenvalue weighted by atomic mass is 32.2. The average Bonchev–Trinajstić information content (AvgIpc) is 2.46. The Balaban J connectivity index is 3.12. The van der Waals surface area contributed by atoms with Gasteiger partial charge in [-0.05, 0) is 31.0 Å². The van der Waals surface area contributed by atoms with Gasteiger partial charge < -0.3 is 5.73 Å². The second-order valence-electron chi connectivity index (χ2n) is 4.98. The maximum Gasteiger partial charge on any atom is 0.245 e. The highest BCUT2D eigenvalue weighted by Crippen LogP contribution is 2.24. The number of nitriles is 1. The van der Waals surface area contributed by atoms with Crippen LogP contribution >= 0.6 is 0 Å². The molecule has 0 atom stereocenters. The van der Waals surface area contributed by atoms with Crippen molar-refractivity contribution in [1.29, 1.82) is 5.26 Å². The van der Waals surface area contributed by atoms with E-state index in [0.29, 0.717) is 18.7 Å². The number of hydrogen-bond donors (Lipinski definition) is 1. The minimum atomic E-state index is -3.60. The van der Waals surface area contributed by atoms with Crippen molar-refractivity contribution in [3.8, 4) is 6.07 Å². The predicted octanol–water partition coefficient (Wildman–Crippen LogP) is 2.73. The van der Waals surface area contributed by atoms with Crippen LogP contribution in [0.2, 0.25) is 0 Å². The zero-order chi connectivity index (χ0) is 15.9. The lowest BCUT2D eigenvalue weighted by atomic mass is 10.2. The Hall–Kier alpha value is -1.58. The van der Waals surface area contributed by atoms with E-state index in [-0.39, 0.29) is 10.6 Å². The molecule has 0 amide bonds. The van der Waals surface area contributed by atoms with E-state index >= 15 is 0 Å². The first-order chi connectivity index (χ1) is 9.97. The van der Waals surface area contributed by atoms with Gasteiger partial charge in [0.1, 0.15) is 4.90 Å². The number of nitrogens with zero attached hydrogens (tertiary/aromatic N) is 2. The van der Waals surface area contributed by atoms with Crippen molar-refractivity contribution in [3.05, 3.63) is 23.8 Å². The summed E-state index contributed by atoms with van der Waals surface area (Å²) in [5, 5.41) is 8.83. The molecule has 0 aliphatic heterocycles. The Morgan fingerprint density at radius 3 is 2.19 bits per heavy atom. The van der Waals surface area contributed by atoms with E-state index in [4.69, 9.17) is 11.0 Å². The molecule has 0 spiro atoms. The van der Waals surface area contributed by atoms with E-state index in [1.165, 1.54) is 22.5 Å². The lowest BCUT2D eigenvalue weighted by Crippen LogP contribution is -2.33. The summed E-state index contributed by atoms with van der Waals surface area (Å²) in [4.78, 5) is 0.0914. The first-order valence-corrected chi connectivity index (χ1v) is 8.71. The minimum Gasteiger partial charge on any atom is -0.398 e. The van der Waals surface area contributed by atoms with Gasteiger partial charge in [-0.1, -0.05) is 26.7 Å². The van der Waals surface area contributed by atoms with Gasteiger partial charge in [-0.2, -0.15) is 9.57 Å². The molecular weight excluding hydrogens is 286 g/mol. The first-order valence-electron chi connectivity index (χ1n) is 7.27. The Morgan fingerprint density at radius 1 is 1.19 bits per heavy atom. The largest absolute Gasteiger partial charge is 0.398 e. The number of nitrogens with two attached hydrogens (primary N) is 1. The maximum absolute atomic E-state index is 12.7. The Kier molecular flexibility index (Phi) is 6.66. The second-order valence-corrected chi connectivity index (χ2v) is 6.88. The molecule has 2 N–H and O–H groups in total. The van der Waals surface area contributed by atoms with Gasteiger partial charge in [-0.3, -0.25) is 0 Å². The molecule has 0 heterocycles. The number of anilines is 1. The monoisotopic (exact) mass is 309 g/mol. The van der Waals surface area contributed by atoms with Crippen LogP contribution in [-0.2, 0) is 10.0 Å². The Morgan fingerprint density at radius 2 is 1.76 bits per heavy atom. The molecule has 5 nitrogen and oxygen atoms in total. The van der Waals surface area contributed by atoms with Crippen LogP contribution in [0.25, 0.3) is 0 Å². The smallest absolute Gasteiger partial charge is 0.245 e. The molecule has 0 radical (unpaired) electrons. The van der Waals surface area contributed by atoms with E-state index in [0.717, 1.165) is 25.7 Å². The molecule has 0 unspecified atom stereocenters. The molecular formula is C15H23N3O2S. The number of nitrogen functional groups attached to an aromatic ring is 1. The molecule has 0 bridgehead atoms. The van der Waals surface area contributed by atoms with E-state index in [9.17, 15) is 8.42 Å². The van der Waals surface area contributed by atoms with Crippen LogP contribution in [0.15, 0.2) is 23.1 Å². The fourth-order valence-electron chi connectivity index (χ4n) is 2.01. The molecule has 0 saturated heterocycles. The summed E-state index contributed by atoms with van der Waals surface area (Å²) < 4.78 is 27.0. The van der Waals surface area contributed by atoms with Crippen molar-refractivity contribution in [2.75, 3.05) is 18.8 Å². The molecule has 0 aliphatic rings. The highest BCUT2D eigenvalue weighted by molar-refractivity contribution is 7.89. The van der Waals surface area contributed by atoms with Gasteiger partial charge in [-0.25, -0.2) is 8.42 Å². The van der Waals surface area contributed by atoms with Crippen molar-refractivity contribution < 1.29 is 8.42 Å². The predicted molar refractivity (Wildman–Crippen MR) is 84.1 cm³/mol. The van der Waals surface area contributed by atoms with Crippen molar-refractivity contribution in [1.82, 2.24) is 4.31 Å². The number of hydrogen-bond acceptors (Lipinski definition) is 4. The third-order valence-electron chi connectivity index (χ3n) is 3.28. The summed E-state index contributed by atoms with van der Waals surface area (Å²) in [6.45, 7) is 5.05. The van der Waals surface area contributed by atoms with Crippen molar-refractivity contribution in [2.24, 2.45) is 0 Å². The zero-order valence-corrected chi connectivity index (χ0v) is 13.5. The normalized spacial score (nSPS) is 11.5. The van der Waals surface area contributed by atoms with E-state index in [1.54, 1.807) is 0 Å². The first kappa shape index (κ1) is 17.5.